The molecule has 2 aromatic rings. The van der Waals surface area contributed by atoms with Crippen LogP contribution in [0, 0.1) is 13.8 Å². The van der Waals surface area contributed by atoms with E-state index in [-0.39, 0.29) is 0 Å². The monoisotopic (exact) mass is 254 g/mol. The maximum atomic E-state index is 10.8. The smallest absolute Gasteiger partial charge is 0.150 e. The van der Waals surface area contributed by atoms with Crippen LogP contribution in [0.25, 0.3) is 0 Å². The molecule has 0 aliphatic carbocycles. The van der Waals surface area contributed by atoms with Crippen molar-refractivity contribution in [2.45, 2.75) is 20.3 Å². The summed E-state index contributed by atoms with van der Waals surface area (Å²) in [6.45, 7) is 4.59. The van der Waals surface area contributed by atoms with E-state index in [1.54, 1.807) is 0 Å². The standard InChI is InChI=1S/C17H18O2/c1-13-10-16(12-18)11-14(2)17(13)19-9-8-15-6-4-3-5-7-15/h3-7,10-12H,8-9H2,1-2H3. The van der Waals surface area contributed by atoms with Crippen LogP contribution in [0.1, 0.15) is 27.0 Å². The summed E-state index contributed by atoms with van der Waals surface area (Å²) in [5.41, 5.74) is 3.98. The van der Waals surface area contributed by atoms with Crippen LogP contribution >= 0.6 is 0 Å². The van der Waals surface area contributed by atoms with Crippen molar-refractivity contribution in [3.05, 3.63) is 64.7 Å². The Labute approximate surface area is 114 Å². The number of carbonyl (C=O) groups excluding carboxylic acids is 1. The molecule has 0 N–H and O–H groups in total. The molecule has 2 heteroatoms. The lowest BCUT2D eigenvalue weighted by molar-refractivity contribution is 0.112. The normalized spacial score (nSPS) is 10.2. The van der Waals surface area contributed by atoms with Crippen LogP contribution in [0.4, 0.5) is 0 Å². The molecule has 98 valence electrons. The third-order valence-electron chi connectivity index (χ3n) is 3.10. The van der Waals surface area contributed by atoms with E-state index in [0.717, 1.165) is 29.6 Å². The number of benzene rings is 2. The maximum absolute atomic E-state index is 10.8. The second kappa shape index (κ2) is 6.19. The molecule has 0 aliphatic rings. The minimum absolute atomic E-state index is 0.645. The molecule has 0 amide bonds. The number of hydrogen-bond donors (Lipinski definition) is 0. The Kier molecular flexibility index (Phi) is 4.35. The van der Waals surface area contributed by atoms with Crippen LogP contribution in [0.3, 0.4) is 0 Å². The average molecular weight is 254 g/mol. The second-order valence-electron chi connectivity index (χ2n) is 4.69. The predicted molar refractivity (Wildman–Crippen MR) is 76.9 cm³/mol. The summed E-state index contributed by atoms with van der Waals surface area (Å²) in [5.74, 6) is 0.890. The summed E-state index contributed by atoms with van der Waals surface area (Å²) >= 11 is 0. The molecule has 0 spiro atoms. The van der Waals surface area contributed by atoms with Crippen molar-refractivity contribution in [1.29, 1.82) is 0 Å². The van der Waals surface area contributed by atoms with Crippen molar-refractivity contribution in [2.24, 2.45) is 0 Å². The molecule has 2 nitrogen and oxygen atoms in total. The van der Waals surface area contributed by atoms with Crippen molar-refractivity contribution in [3.8, 4) is 5.75 Å². The van der Waals surface area contributed by atoms with Gasteiger partial charge in [-0.2, -0.15) is 0 Å². The molecular weight excluding hydrogens is 236 g/mol. The SMILES string of the molecule is Cc1cc(C=O)cc(C)c1OCCc1ccccc1. The van der Waals surface area contributed by atoms with Gasteiger partial charge in [0.25, 0.3) is 0 Å². The highest BCUT2D eigenvalue weighted by Gasteiger charge is 2.06. The van der Waals surface area contributed by atoms with Gasteiger partial charge < -0.3 is 4.74 Å². The van der Waals surface area contributed by atoms with Gasteiger partial charge in [-0.25, -0.2) is 0 Å². The fourth-order valence-corrected chi connectivity index (χ4v) is 2.20. The van der Waals surface area contributed by atoms with Gasteiger partial charge in [0, 0.05) is 12.0 Å². The third kappa shape index (κ3) is 3.44. The Hall–Kier alpha value is -2.09. The lowest BCUT2D eigenvalue weighted by Crippen LogP contribution is -2.04. The van der Waals surface area contributed by atoms with E-state index >= 15 is 0 Å². The van der Waals surface area contributed by atoms with Crippen LogP contribution in [0.2, 0.25) is 0 Å². The molecule has 2 rings (SSSR count). The van der Waals surface area contributed by atoms with E-state index in [4.69, 9.17) is 4.74 Å². The summed E-state index contributed by atoms with van der Waals surface area (Å²) in [6, 6.07) is 14.0. The molecule has 0 bridgehead atoms. The van der Waals surface area contributed by atoms with Crippen LogP contribution in [-0.2, 0) is 6.42 Å². The number of rotatable bonds is 5. The molecule has 2 aromatic carbocycles. The zero-order valence-electron chi connectivity index (χ0n) is 11.3. The largest absolute Gasteiger partial charge is 0.493 e. The number of aldehydes is 1. The van der Waals surface area contributed by atoms with E-state index in [1.165, 1.54) is 5.56 Å². The molecule has 0 saturated heterocycles. The van der Waals surface area contributed by atoms with Gasteiger partial charge in [-0.3, -0.25) is 4.79 Å². The molecule has 0 aliphatic heterocycles. The first kappa shape index (κ1) is 13.3. The van der Waals surface area contributed by atoms with Crippen molar-refractivity contribution < 1.29 is 9.53 Å². The van der Waals surface area contributed by atoms with Gasteiger partial charge >= 0.3 is 0 Å². The Morgan fingerprint density at radius 1 is 1.05 bits per heavy atom. The first-order valence-corrected chi connectivity index (χ1v) is 6.44. The number of hydrogen-bond acceptors (Lipinski definition) is 2. The summed E-state index contributed by atoms with van der Waals surface area (Å²) in [7, 11) is 0. The van der Waals surface area contributed by atoms with E-state index < -0.39 is 0 Å². The summed E-state index contributed by atoms with van der Waals surface area (Å²) < 4.78 is 5.86. The van der Waals surface area contributed by atoms with Gasteiger partial charge in [-0.15, -0.1) is 0 Å². The third-order valence-corrected chi connectivity index (χ3v) is 3.10. The maximum Gasteiger partial charge on any atom is 0.150 e. The number of ether oxygens (including phenoxy) is 1. The van der Waals surface area contributed by atoms with Crippen molar-refractivity contribution >= 4 is 6.29 Å². The Bertz CT molecular complexity index is 536. The topological polar surface area (TPSA) is 26.3 Å². The van der Waals surface area contributed by atoms with Crippen LogP contribution in [0.5, 0.6) is 5.75 Å². The lowest BCUT2D eigenvalue weighted by atomic mass is 10.1. The van der Waals surface area contributed by atoms with E-state index in [0.29, 0.717) is 12.2 Å². The highest BCUT2D eigenvalue weighted by Crippen LogP contribution is 2.24. The van der Waals surface area contributed by atoms with Gasteiger partial charge in [-0.1, -0.05) is 30.3 Å². The van der Waals surface area contributed by atoms with Gasteiger partial charge in [0.15, 0.2) is 0 Å². The molecule has 19 heavy (non-hydrogen) atoms. The Morgan fingerprint density at radius 3 is 2.26 bits per heavy atom. The second-order valence-corrected chi connectivity index (χ2v) is 4.69. The highest BCUT2D eigenvalue weighted by atomic mass is 16.5. The van der Waals surface area contributed by atoms with Crippen molar-refractivity contribution in [1.82, 2.24) is 0 Å². The highest BCUT2D eigenvalue weighted by molar-refractivity contribution is 5.76. The minimum Gasteiger partial charge on any atom is -0.493 e. The molecular formula is C17H18O2. The van der Waals surface area contributed by atoms with E-state index in [1.807, 2.05) is 44.2 Å². The molecule has 0 radical (unpaired) electrons. The van der Waals surface area contributed by atoms with Gasteiger partial charge in [0.1, 0.15) is 12.0 Å². The number of carbonyl (C=O) groups is 1. The zero-order valence-corrected chi connectivity index (χ0v) is 11.3. The van der Waals surface area contributed by atoms with E-state index in [2.05, 4.69) is 12.1 Å². The summed E-state index contributed by atoms with van der Waals surface area (Å²) in [5, 5.41) is 0. The van der Waals surface area contributed by atoms with Gasteiger partial charge in [0.05, 0.1) is 6.61 Å². The molecule has 0 fully saturated rings. The average Bonchev–Trinajstić information content (AvgIpc) is 2.42. The Balaban J connectivity index is 2.02. The molecule has 0 saturated carbocycles. The van der Waals surface area contributed by atoms with Gasteiger partial charge in [-0.05, 0) is 42.7 Å². The fraction of sp³-hybridized carbons (Fsp3) is 0.235. The lowest BCUT2D eigenvalue weighted by Gasteiger charge is -2.12. The van der Waals surface area contributed by atoms with Crippen LogP contribution < -0.4 is 4.74 Å². The Morgan fingerprint density at radius 2 is 1.68 bits per heavy atom. The molecule has 0 aromatic heterocycles. The molecule has 0 unspecified atom stereocenters. The minimum atomic E-state index is 0.645. The first-order chi connectivity index (χ1) is 9.20. The predicted octanol–water partition coefficient (Wildman–Crippen LogP) is 3.74. The zero-order chi connectivity index (χ0) is 13.7. The summed E-state index contributed by atoms with van der Waals surface area (Å²) in [6.07, 6.45) is 1.75. The van der Waals surface area contributed by atoms with Gasteiger partial charge in [0.2, 0.25) is 0 Å². The quantitative estimate of drug-likeness (QED) is 0.760. The fourth-order valence-electron chi connectivity index (χ4n) is 2.20. The van der Waals surface area contributed by atoms with Crippen molar-refractivity contribution in [2.75, 3.05) is 6.61 Å². The summed E-state index contributed by atoms with van der Waals surface area (Å²) in [4.78, 5) is 10.8. The first-order valence-electron chi connectivity index (χ1n) is 6.44. The van der Waals surface area contributed by atoms with Crippen LogP contribution in [0.15, 0.2) is 42.5 Å². The molecule has 0 atom stereocenters. The van der Waals surface area contributed by atoms with E-state index in [9.17, 15) is 4.79 Å². The van der Waals surface area contributed by atoms with Crippen LogP contribution in [-0.4, -0.2) is 12.9 Å². The molecule has 0 heterocycles. The number of aryl methyl sites for hydroxylation is 2. The van der Waals surface area contributed by atoms with Crippen molar-refractivity contribution in [3.63, 3.8) is 0 Å².